The molecule has 0 amide bonds. The van der Waals surface area contributed by atoms with E-state index in [1.807, 2.05) is 53.0 Å². The molecular formula is C21H22N6O. The molecule has 2 aromatic carbocycles. The van der Waals surface area contributed by atoms with Crippen molar-refractivity contribution in [2.45, 2.75) is 12.5 Å². The fraction of sp³-hybridized carbons (Fsp3) is 0.286. The van der Waals surface area contributed by atoms with Crippen LogP contribution in [-0.4, -0.2) is 57.8 Å². The number of anilines is 1. The van der Waals surface area contributed by atoms with Crippen molar-refractivity contribution in [3.8, 4) is 17.1 Å². The second-order valence-electron chi connectivity index (χ2n) is 7.25. The van der Waals surface area contributed by atoms with E-state index in [4.69, 9.17) is 19.8 Å². The van der Waals surface area contributed by atoms with Gasteiger partial charge in [0.1, 0.15) is 5.75 Å². The SMILES string of the molecule is COc1cccc(-c2nc3c4ccccc4nc(N[C@H]4CCN(C)C4)n3n2)c1. The lowest BCUT2D eigenvalue weighted by Crippen LogP contribution is -2.25. The molecule has 0 aliphatic carbocycles. The minimum Gasteiger partial charge on any atom is -0.497 e. The third kappa shape index (κ3) is 2.93. The fourth-order valence-corrected chi connectivity index (χ4v) is 3.77. The predicted molar refractivity (Wildman–Crippen MR) is 110 cm³/mol. The second kappa shape index (κ2) is 6.76. The van der Waals surface area contributed by atoms with E-state index < -0.39 is 0 Å². The van der Waals surface area contributed by atoms with Crippen molar-refractivity contribution in [1.29, 1.82) is 0 Å². The van der Waals surface area contributed by atoms with Crippen LogP contribution < -0.4 is 10.1 Å². The first-order valence-electron chi connectivity index (χ1n) is 9.46. The standard InChI is InChI=1S/C21H22N6O/c1-26-11-10-15(13-26)22-21-23-18-9-4-3-8-17(18)20-24-19(25-27(20)21)14-6-5-7-16(12-14)28-2/h3-9,12,15H,10-11,13H2,1-2H3,(H,22,23)/t15-/m0/s1. The Bertz CT molecular complexity index is 1150. The van der Waals surface area contributed by atoms with Crippen molar-refractivity contribution in [2.24, 2.45) is 0 Å². The quantitative estimate of drug-likeness (QED) is 0.592. The van der Waals surface area contributed by atoms with E-state index in [-0.39, 0.29) is 0 Å². The number of hydrogen-bond acceptors (Lipinski definition) is 6. The molecule has 1 aliphatic heterocycles. The average Bonchev–Trinajstić information content (AvgIpc) is 3.35. The summed E-state index contributed by atoms with van der Waals surface area (Å²) in [6.45, 7) is 2.08. The summed E-state index contributed by atoms with van der Waals surface area (Å²) in [5, 5.41) is 9.34. The van der Waals surface area contributed by atoms with Crippen molar-refractivity contribution in [2.75, 3.05) is 32.6 Å². The Balaban J connectivity index is 1.66. The summed E-state index contributed by atoms with van der Waals surface area (Å²) in [6, 6.07) is 16.2. The van der Waals surface area contributed by atoms with Gasteiger partial charge in [-0.05, 0) is 44.3 Å². The third-order valence-electron chi connectivity index (χ3n) is 5.23. The zero-order chi connectivity index (χ0) is 19.1. The molecule has 3 heterocycles. The molecule has 1 N–H and O–H groups in total. The molecule has 1 saturated heterocycles. The maximum absolute atomic E-state index is 5.35. The van der Waals surface area contributed by atoms with Gasteiger partial charge in [-0.1, -0.05) is 24.3 Å². The van der Waals surface area contributed by atoms with Gasteiger partial charge >= 0.3 is 0 Å². The molecule has 0 bridgehead atoms. The molecule has 0 radical (unpaired) electrons. The van der Waals surface area contributed by atoms with Gasteiger partial charge in [0.25, 0.3) is 0 Å². The molecule has 0 unspecified atom stereocenters. The number of aromatic nitrogens is 4. The number of nitrogens with one attached hydrogen (secondary N) is 1. The van der Waals surface area contributed by atoms with Gasteiger partial charge in [-0.15, -0.1) is 5.10 Å². The van der Waals surface area contributed by atoms with Gasteiger partial charge in [-0.2, -0.15) is 4.52 Å². The van der Waals surface area contributed by atoms with Crippen LogP contribution in [0.5, 0.6) is 5.75 Å². The van der Waals surface area contributed by atoms with Crippen LogP contribution in [0, 0.1) is 0 Å². The topological polar surface area (TPSA) is 67.6 Å². The first kappa shape index (κ1) is 16.9. The summed E-state index contributed by atoms with van der Waals surface area (Å²) in [7, 11) is 3.80. The number of likely N-dealkylation sites (tertiary alicyclic amines) is 1. The van der Waals surface area contributed by atoms with Gasteiger partial charge in [-0.25, -0.2) is 9.97 Å². The fourth-order valence-electron chi connectivity index (χ4n) is 3.77. The zero-order valence-corrected chi connectivity index (χ0v) is 16.0. The number of rotatable bonds is 4. The van der Waals surface area contributed by atoms with Crippen LogP contribution in [-0.2, 0) is 0 Å². The minimum atomic E-state index is 0.353. The molecule has 28 heavy (non-hydrogen) atoms. The van der Waals surface area contributed by atoms with E-state index in [9.17, 15) is 0 Å². The van der Waals surface area contributed by atoms with E-state index in [2.05, 4.69) is 17.3 Å². The summed E-state index contributed by atoms with van der Waals surface area (Å²) >= 11 is 0. The van der Waals surface area contributed by atoms with Gasteiger partial charge in [0.05, 0.1) is 12.6 Å². The molecule has 7 heteroatoms. The number of hydrogen-bond donors (Lipinski definition) is 1. The van der Waals surface area contributed by atoms with Crippen LogP contribution in [0.1, 0.15) is 6.42 Å². The van der Waals surface area contributed by atoms with Crippen LogP contribution in [0.2, 0.25) is 0 Å². The van der Waals surface area contributed by atoms with Gasteiger partial charge in [0.15, 0.2) is 11.5 Å². The number of likely N-dealkylation sites (N-methyl/N-ethyl adjacent to an activating group) is 1. The summed E-state index contributed by atoms with van der Waals surface area (Å²) in [6.07, 6.45) is 1.09. The first-order valence-corrected chi connectivity index (χ1v) is 9.46. The number of para-hydroxylation sites is 1. The zero-order valence-electron chi connectivity index (χ0n) is 16.0. The lowest BCUT2D eigenvalue weighted by Gasteiger charge is -2.14. The minimum absolute atomic E-state index is 0.353. The molecule has 1 fully saturated rings. The number of nitrogens with zero attached hydrogens (tertiary/aromatic N) is 5. The first-order chi connectivity index (χ1) is 13.7. The third-order valence-corrected chi connectivity index (χ3v) is 5.23. The summed E-state index contributed by atoms with van der Waals surface area (Å²) in [5.41, 5.74) is 2.63. The largest absolute Gasteiger partial charge is 0.497 e. The van der Waals surface area contributed by atoms with Gasteiger partial charge in [0, 0.05) is 23.5 Å². The maximum atomic E-state index is 5.35. The Morgan fingerprint density at radius 1 is 1.11 bits per heavy atom. The normalized spacial score (nSPS) is 17.4. The van der Waals surface area contributed by atoms with Crippen LogP contribution in [0.25, 0.3) is 27.9 Å². The number of benzene rings is 2. The molecule has 1 aliphatic rings. The second-order valence-corrected chi connectivity index (χ2v) is 7.25. The molecule has 5 rings (SSSR count). The Labute approximate surface area is 163 Å². The Hall–Kier alpha value is -3.19. The molecule has 0 spiro atoms. The van der Waals surface area contributed by atoms with Gasteiger partial charge in [-0.3, -0.25) is 0 Å². The van der Waals surface area contributed by atoms with Crippen LogP contribution in [0.3, 0.4) is 0 Å². The summed E-state index contributed by atoms with van der Waals surface area (Å²) in [4.78, 5) is 12.0. The highest BCUT2D eigenvalue weighted by molar-refractivity contribution is 5.92. The van der Waals surface area contributed by atoms with Crippen molar-refractivity contribution in [3.05, 3.63) is 48.5 Å². The lowest BCUT2D eigenvalue weighted by atomic mass is 10.2. The molecule has 0 saturated carbocycles. The lowest BCUT2D eigenvalue weighted by molar-refractivity contribution is 0.414. The summed E-state index contributed by atoms with van der Waals surface area (Å²) in [5.74, 6) is 2.17. The highest BCUT2D eigenvalue weighted by atomic mass is 16.5. The highest BCUT2D eigenvalue weighted by Gasteiger charge is 2.22. The molecule has 4 aromatic rings. The Kier molecular flexibility index (Phi) is 4.09. The molecule has 2 aromatic heterocycles. The van der Waals surface area contributed by atoms with Crippen LogP contribution >= 0.6 is 0 Å². The van der Waals surface area contributed by atoms with Gasteiger partial charge < -0.3 is 15.0 Å². The van der Waals surface area contributed by atoms with Crippen LogP contribution in [0.15, 0.2) is 48.5 Å². The van der Waals surface area contributed by atoms with Gasteiger partial charge in [0.2, 0.25) is 5.95 Å². The number of fused-ring (bicyclic) bond motifs is 3. The maximum Gasteiger partial charge on any atom is 0.226 e. The van der Waals surface area contributed by atoms with E-state index >= 15 is 0 Å². The molecule has 1 atom stereocenters. The molecule has 142 valence electrons. The average molecular weight is 374 g/mol. The van der Waals surface area contributed by atoms with Crippen LogP contribution in [0.4, 0.5) is 5.95 Å². The Morgan fingerprint density at radius 2 is 2.00 bits per heavy atom. The van der Waals surface area contributed by atoms with E-state index in [1.165, 1.54) is 0 Å². The molecule has 7 nitrogen and oxygen atoms in total. The summed E-state index contributed by atoms with van der Waals surface area (Å²) < 4.78 is 7.18. The van der Waals surface area contributed by atoms with Crippen molar-refractivity contribution < 1.29 is 4.74 Å². The van der Waals surface area contributed by atoms with Crippen molar-refractivity contribution in [3.63, 3.8) is 0 Å². The number of ether oxygens (including phenoxy) is 1. The number of methoxy groups -OCH3 is 1. The molecular weight excluding hydrogens is 352 g/mol. The van der Waals surface area contributed by atoms with Crippen molar-refractivity contribution in [1.82, 2.24) is 24.5 Å². The monoisotopic (exact) mass is 374 g/mol. The highest BCUT2D eigenvalue weighted by Crippen LogP contribution is 2.26. The van der Waals surface area contributed by atoms with E-state index in [0.717, 1.165) is 53.3 Å². The smallest absolute Gasteiger partial charge is 0.226 e. The van der Waals surface area contributed by atoms with Crippen molar-refractivity contribution >= 4 is 22.5 Å². The Morgan fingerprint density at radius 3 is 2.82 bits per heavy atom. The van der Waals surface area contributed by atoms with E-state index in [1.54, 1.807) is 7.11 Å². The van der Waals surface area contributed by atoms with E-state index in [0.29, 0.717) is 11.9 Å². The predicted octanol–water partition coefficient (Wildman–Crippen LogP) is 3.07.